The highest BCUT2D eigenvalue weighted by Gasteiger charge is 2.42. The summed E-state index contributed by atoms with van der Waals surface area (Å²) in [7, 11) is 0. The molecular formula is C19H29ClN2O2. The Morgan fingerprint density at radius 3 is 2.46 bits per heavy atom. The summed E-state index contributed by atoms with van der Waals surface area (Å²) in [6.07, 6.45) is 2.26. The number of hydrogen-bond donors (Lipinski definition) is 1. The number of fused-ring (bicyclic) bond motifs is 1. The van der Waals surface area contributed by atoms with Gasteiger partial charge in [-0.1, -0.05) is 32.9 Å². The van der Waals surface area contributed by atoms with E-state index in [0.717, 1.165) is 31.7 Å². The third-order valence-electron chi connectivity index (χ3n) is 5.35. The zero-order valence-electron chi connectivity index (χ0n) is 14.8. The molecule has 2 fully saturated rings. The third-order valence-corrected chi connectivity index (χ3v) is 5.35. The summed E-state index contributed by atoms with van der Waals surface area (Å²) in [6.45, 7) is 8.31. The summed E-state index contributed by atoms with van der Waals surface area (Å²) >= 11 is 0. The van der Waals surface area contributed by atoms with Gasteiger partial charge >= 0.3 is 0 Å². The molecule has 0 radical (unpaired) electrons. The van der Waals surface area contributed by atoms with Crippen LogP contribution in [0.3, 0.4) is 0 Å². The zero-order chi connectivity index (χ0) is 16.6. The molecule has 1 saturated carbocycles. The molecule has 4 nitrogen and oxygen atoms in total. The number of amides is 1. The molecule has 1 saturated heterocycles. The molecule has 2 aliphatic rings. The van der Waals surface area contributed by atoms with Crippen molar-refractivity contribution in [3.8, 4) is 5.75 Å². The average Bonchev–Trinajstić information content (AvgIpc) is 3.07. The van der Waals surface area contributed by atoms with Gasteiger partial charge in [-0.25, -0.2) is 0 Å². The van der Waals surface area contributed by atoms with Crippen LogP contribution in [0.25, 0.3) is 0 Å². The van der Waals surface area contributed by atoms with E-state index in [-0.39, 0.29) is 36.4 Å². The van der Waals surface area contributed by atoms with Crippen molar-refractivity contribution in [2.75, 3.05) is 19.7 Å². The van der Waals surface area contributed by atoms with Crippen LogP contribution < -0.4 is 10.5 Å². The highest BCUT2D eigenvalue weighted by molar-refractivity contribution is 5.85. The van der Waals surface area contributed by atoms with Gasteiger partial charge < -0.3 is 15.4 Å². The first kappa shape index (κ1) is 19.1. The predicted molar refractivity (Wildman–Crippen MR) is 98.7 cm³/mol. The largest absolute Gasteiger partial charge is 0.484 e. The Balaban J connectivity index is 0.00000208. The summed E-state index contributed by atoms with van der Waals surface area (Å²) in [5, 5.41) is 0. The van der Waals surface area contributed by atoms with Gasteiger partial charge in [0.15, 0.2) is 6.61 Å². The van der Waals surface area contributed by atoms with Crippen LogP contribution in [-0.4, -0.2) is 36.5 Å². The van der Waals surface area contributed by atoms with Crippen molar-refractivity contribution in [3.63, 3.8) is 0 Å². The summed E-state index contributed by atoms with van der Waals surface area (Å²) in [5.41, 5.74) is 7.51. The van der Waals surface area contributed by atoms with Gasteiger partial charge in [-0.3, -0.25) is 4.79 Å². The quantitative estimate of drug-likeness (QED) is 0.909. The van der Waals surface area contributed by atoms with Crippen molar-refractivity contribution in [3.05, 3.63) is 29.8 Å². The van der Waals surface area contributed by atoms with E-state index < -0.39 is 0 Å². The number of carbonyl (C=O) groups is 1. The van der Waals surface area contributed by atoms with Gasteiger partial charge in [0.25, 0.3) is 5.91 Å². The van der Waals surface area contributed by atoms with Crippen LogP contribution in [0.1, 0.15) is 39.2 Å². The Hall–Kier alpha value is -1.26. The van der Waals surface area contributed by atoms with Crippen LogP contribution in [0.15, 0.2) is 24.3 Å². The molecule has 0 spiro atoms. The van der Waals surface area contributed by atoms with E-state index in [1.165, 1.54) is 5.56 Å². The number of benzene rings is 1. The molecule has 1 heterocycles. The number of halogens is 1. The maximum Gasteiger partial charge on any atom is 0.260 e. The van der Waals surface area contributed by atoms with Crippen LogP contribution in [0.4, 0.5) is 0 Å². The minimum Gasteiger partial charge on any atom is -0.484 e. The van der Waals surface area contributed by atoms with Gasteiger partial charge in [0.05, 0.1) is 0 Å². The number of carbonyl (C=O) groups excluding carboxylic acids is 1. The number of rotatable bonds is 3. The second-order valence-corrected chi connectivity index (χ2v) is 8.03. The van der Waals surface area contributed by atoms with Crippen molar-refractivity contribution < 1.29 is 9.53 Å². The normalized spacial score (nSPS) is 26.0. The first-order valence-corrected chi connectivity index (χ1v) is 8.61. The van der Waals surface area contributed by atoms with Gasteiger partial charge in [-0.05, 0) is 47.8 Å². The van der Waals surface area contributed by atoms with Gasteiger partial charge in [0.1, 0.15) is 5.75 Å². The topological polar surface area (TPSA) is 55.6 Å². The number of nitrogens with zero attached hydrogens (tertiary/aromatic N) is 1. The monoisotopic (exact) mass is 352 g/mol. The van der Waals surface area contributed by atoms with Crippen molar-refractivity contribution in [1.29, 1.82) is 0 Å². The second kappa shape index (κ2) is 7.32. The van der Waals surface area contributed by atoms with Crippen LogP contribution >= 0.6 is 12.4 Å². The smallest absolute Gasteiger partial charge is 0.260 e. The van der Waals surface area contributed by atoms with E-state index in [4.69, 9.17) is 10.5 Å². The lowest BCUT2D eigenvalue weighted by Gasteiger charge is -2.20. The minimum atomic E-state index is 0. The molecular weight excluding hydrogens is 324 g/mol. The van der Waals surface area contributed by atoms with Gasteiger partial charge in [0.2, 0.25) is 0 Å². The Labute approximate surface area is 151 Å². The van der Waals surface area contributed by atoms with Crippen LogP contribution in [0.2, 0.25) is 0 Å². The third kappa shape index (κ3) is 4.04. The van der Waals surface area contributed by atoms with Crippen molar-refractivity contribution in [2.24, 2.45) is 17.6 Å². The van der Waals surface area contributed by atoms with E-state index in [2.05, 4.69) is 32.9 Å². The van der Waals surface area contributed by atoms with Crippen LogP contribution in [-0.2, 0) is 10.2 Å². The summed E-state index contributed by atoms with van der Waals surface area (Å²) < 4.78 is 5.67. The predicted octanol–water partition coefficient (Wildman–Crippen LogP) is 2.98. The molecule has 3 rings (SSSR count). The van der Waals surface area contributed by atoms with Gasteiger partial charge in [-0.2, -0.15) is 0 Å². The fourth-order valence-electron chi connectivity index (χ4n) is 3.80. The number of hydrogen-bond acceptors (Lipinski definition) is 3. The molecule has 1 aliphatic carbocycles. The molecule has 24 heavy (non-hydrogen) atoms. The Kier molecular flexibility index (Phi) is 5.82. The fraction of sp³-hybridized carbons (Fsp3) is 0.632. The maximum absolute atomic E-state index is 12.3. The number of likely N-dealkylation sites (tertiary alicyclic amines) is 1. The second-order valence-electron chi connectivity index (χ2n) is 8.03. The molecule has 2 N–H and O–H groups in total. The molecule has 134 valence electrons. The van der Waals surface area contributed by atoms with E-state index >= 15 is 0 Å². The van der Waals surface area contributed by atoms with E-state index in [1.54, 1.807) is 0 Å². The molecule has 3 atom stereocenters. The first-order chi connectivity index (χ1) is 10.8. The maximum atomic E-state index is 12.3. The molecule has 5 heteroatoms. The standard InChI is InChI=1S/C19H28N2O2.ClH/c1-19(2,3)14-5-7-15(8-6-14)23-12-18(22)21-10-13-4-9-17(20)16(13)11-21;/h5-8,13,16-17H,4,9-12,20H2,1-3H3;1H. The van der Waals surface area contributed by atoms with Gasteiger partial charge in [0, 0.05) is 19.1 Å². The van der Waals surface area contributed by atoms with Crippen molar-refractivity contribution >= 4 is 18.3 Å². The molecule has 1 aliphatic heterocycles. The molecule has 3 unspecified atom stereocenters. The summed E-state index contributed by atoms with van der Waals surface area (Å²) in [4.78, 5) is 14.3. The zero-order valence-corrected chi connectivity index (χ0v) is 15.6. The molecule has 1 aromatic rings. The lowest BCUT2D eigenvalue weighted by atomic mass is 9.87. The molecule has 0 bridgehead atoms. The highest BCUT2D eigenvalue weighted by atomic mass is 35.5. The highest BCUT2D eigenvalue weighted by Crippen LogP contribution is 2.37. The fourth-order valence-corrected chi connectivity index (χ4v) is 3.80. The summed E-state index contributed by atoms with van der Waals surface area (Å²) in [6, 6.07) is 8.30. The SMILES string of the molecule is CC(C)(C)c1ccc(OCC(=O)N2CC3CCC(N)C3C2)cc1.Cl. The molecule has 1 amide bonds. The van der Waals surface area contributed by atoms with Crippen LogP contribution in [0.5, 0.6) is 5.75 Å². The molecule has 1 aromatic carbocycles. The Morgan fingerprint density at radius 2 is 1.88 bits per heavy atom. The number of nitrogens with two attached hydrogens (primary N) is 1. The van der Waals surface area contributed by atoms with E-state index in [0.29, 0.717) is 11.8 Å². The van der Waals surface area contributed by atoms with Crippen LogP contribution in [0, 0.1) is 11.8 Å². The van der Waals surface area contributed by atoms with E-state index in [1.807, 2.05) is 17.0 Å². The Bertz CT molecular complexity index is 568. The van der Waals surface area contributed by atoms with Crippen molar-refractivity contribution in [1.82, 2.24) is 4.90 Å². The lowest BCUT2D eigenvalue weighted by Crippen LogP contribution is -2.36. The average molecular weight is 353 g/mol. The first-order valence-electron chi connectivity index (χ1n) is 8.61. The lowest BCUT2D eigenvalue weighted by molar-refractivity contribution is -0.132. The Morgan fingerprint density at radius 1 is 1.21 bits per heavy atom. The number of ether oxygens (including phenoxy) is 1. The van der Waals surface area contributed by atoms with Crippen molar-refractivity contribution in [2.45, 2.75) is 45.1 Å². The summed E-state index contributed by atoms with van der Waals surface area (Å²) in [5.74, 6) is 1.92. The van der Waals surface area contributed by atoms with E-state index in [9.17, 15) is 4.79 Å². The minimum absolute atomic E-state index is 0. The molecule has 0 aromatic heterocycles. The van der Waals surface area contributed by atoms with Gasteiger partial charge in [-0.15, -0.1) is 12.4 Å².